The number of alkyl halides is 3. The van der Waals surface area contributed by atoms with Crippen molar-refractivity contribution >= 4 is 21.6 Å². The molecule has 1 saturated heterocycles. The number of hydrogen-bond donors (Lipinski definition) is 2. The summed E-state index contributed by atoms with van der Waals surface area (Å²) in [6.07, 6.45) is -3.66. The third-order valence-electron chi connectivity index (χ3n) is 4.99. The first-order chi connectivity index (χ1) is 14.1. The van der Waals surface area contributed by atoms with E-state index in [1.807, 2.05) is 30.3 Å². The van der Waals surface area contributed by atoms with Gasteiger partial charge in [0.2, 0.25) is 15.9 Å². The van der Waals surface area contributed by atoms with E-state index >= 15 is 0 Å². The van der Waals surface area contributed by atoms with Gasteiger partial charge in [-0.15, -0.1) is 0 Å². The summed E-state index contributed by atoms with van der Waals surface area (Å²) in [5, 5.41) is 2.80. The molecule has 1 amide bonds. The Bertz CT molecular complexity index is 971. The van der Waals surface area contributed by atoms with Crippen LogP contribution in [0.5, 0.6) is 0 Å². The van der Waals surface area contributed by atoms with Crippen molar-refractivity contribution in [3.05, 3.63) is 60.2 Å². The number of hydrogen-bond acceptors (Lipinski definition) is 4. The van der Waals surface area contributed by atoms with E-state index in [9.17, 15) is 26.4 Å². The Morgan fingerprint density at radius 2 is 1.60 bits per heavy atom. The molecule has 2 aromatic carbocycles. The van der Waals surface area contributed by atoms with Gasteiger partial charge in [0.15, 0.2) is 0 Å². The van der Waals surface area contributed by atoms with E-state index in [0.29, 0.717) is 31.7 Å². The van der Waals surface area contributed by atoms with Gasteiger partial charge >= 0.3 is 6.18 Å². The summed E-state index contributed by atoms with van der Waals surface area (Å²) in [7, 11) is -4.31. The van der Waals surface area contributed by atoms with Crippen LogP contribution < -0.4 is 10.0 Å². The molecular weight excluding hydrogens is 421 g/mol. The van der Waals surface area contributed by atoms with Crippen molar-refractivity contribution in [2.24, 2.45) is 0 Å². The van der Waals surface area contributed by atoms with E-state index in [1.165, 1.54) is 16.9 Å². The Hall–Kier alpha value is -2.43. The van der Waals surface area contributed by atoms with Crippen LogP contribution in [0.4, 0.5) is 18.9 Å². The van der Waals surface area contributed by atoms with E-state index in [1.54, 1.807) is 0 Å². The molecular formula is C20H21F3N2O4S. The number of halogens is 3. The fraction of sp³-hybridized carbons (Fsp3) is 0.350. The highest BCUT2D eigenvalue weighted by Gasteiger charge is 2.41. The second-order valence-corrected chi connectivity index (χ2v) is 8.75. The van der Waals surface area contributed by atoms with Crippen molar-refractivity contribution in [3.63, 3.8) is 0 Å². The Morgan fingerprint density at radius 3 is 2.17 bits per heavy atom. The standard InChI is InChI=1S/C20H21F3N2O4S/c21-20(22,23)14-24-30(27,28)17-8-6-16(7-9-17)25-18(26)19(10-12-29-13-11-19)15-4-2-1-3-5-15/h1-9,24H,10-14H2,(H,25,26). The average molecular weight is 442 g/mol. The summed E-state index contributed by atoms with van der Waals surface area (Å²) in [6, 6.07) is 14.3. The molecule has 1 heterocycles. The molecule has 0 spiro atoms. The molecule has 0 bridgehead atoms. The molecule has 162 valence electrons. The van der Waals surface area contributed by atoms with Gasteiger partial charge in [0.1, 0.15) is 6.54 Å². The maximum absolute atomic E-state index is 13.2. The van der Waals surface area contributed by atoms with Crippen molar-refractivity contribution in [1.82, 2.24) is 4.72 Å². The number of sulfonamides is 1. The van der Waals surface area contributed by atoms with Crippen molar-refractivity contribution in [2.45, 2.75) is 29.3 Å². The topological polar surface area (TPSA) is 84.5 Å². The number of carbonyl (C=O) groups is 1. The first kappa shape index (κ1) is 22.3. The number of benzene rings is 2. The zero-order valence-corrected chi connectivity index (χ0v) is 16.7. The Kier molecular flexibility index (Phi) is 6.49. The predicted octanol–water partition coefficient (Wildman–Crippen LogP) is 3.21. The van der Waals surface area contributed by atoms with Gasteiger partial charge in [0.25, 0.3) is 0 Å². The molecule has 0 unspecified atom stereocenters. The molecule has 30 heavy (non-hydrogen) atoms. The lowest BCUT2D eigenvalue weighted by atomic mass is 9.73. The fourth-order valence-corrected chi connectivity index (χ4v) is 4.37. The second kappa shape index (κ2) is 8.75. The summed E-state index contributed by atoms with van der Waals surface area (Å²) in [4.78, 5) is 12.8. The molecule has 6 nitrogen and oxygen atoms in total. The number of anilines is 1. The van der Waals surface area contributed by atoms with Crippen LogP contribution in [0.1, 0.15) is 18.4 Å². The first-order valence-electron chi connectivity index (χ1n) is 9.24. The zero-order chi connectivity index (χ0) is 21.8. The van der Waals surface area contributed by atoms with Gasteiger partial charge in [0.05, 0.1) is 10.3 Å². The fourth-order valence-electron chi connectivity index (χ4n) is 3.35. The molecule has 1 fully saturated rings. The van der Waals surface area contributed by atoms with Crippen LogP contribution in [0.25, 0.3) is 0 Å². The maximum atomic E-state index is 13.2. The number of carbonyl (C=O) groups excluding carboxylic acids is 1. The lowest BCUT2D eigenvalue weighted by Gasteiger charge is -2.36. The quantitative estimate of drug-likeness (QED) is 0.720. The lowest BCUT2D eigenvalue weighted by molar-refractivity contribution is -0.125. The van der Waals surface area contributed by atoms with Crippen LogP contribution in [0, 0.1) is 0 Å². The second-order valence-electron chi connectivity index (χ2n) is 6.98. The van der Waals surface area contributed by atoms with Gasteiger partial charge in [0, 0.05) is 18.9 Å². The molecule has 2 aromatic rings. The smallest absolute Gasteiger partial charge is 0.381 e. The van der Waals surface area contributed by atoms with Gasteiger partial charge < -0.3 is 10.1 Å². The number of rotatable bonds is 6. The van der Waals surface area contributed by atoms with Gasteiger partial charge in [-0.05, 0) is 42.7 Å². The Morgan fingerprint density at radius 1 is 1.00 bits per heavy atom. The molecule has 2 N–H and O–H groups in total. The molecule has 1 aliphatic rings. The molecule has 1 aliphatic heterocycles. The lowest BCUT2D eigenvalue weighted by Crippen LogP contribution is -2.44. The number of ether oxygens (including phenoxy) is 1. The largest absolute Gasteiger partial charge is 0.402 e. The molecule has 10 heteroatoms. The minimum atomic E-state index is -4.66. The van der Waals surface area contributed by atoms with E-state index in [-0.39, 0.29) is 10.8 Å². The Labute approximate surface area is 172 Å². The third-order valence-corrected chi connectivity index (χ3v) is 6.41. The monoisotopic (exact) mass is 442 g/mol. The van der Waals surface area contributed by atoms with Crippen LogP contribution in [0.2, 0.25) is 0 Å². The zero-order valence-electron chi connectivity index (χ0n) is 15.9. The maximum Gasteiger partial charge on any atom is 0.402 e. The normalized spacial score (nSPS) is 16.8. The molecule has 3 rings (SSSR count). The van der Waals surface area contributed by atoms with E-state index in [4.69, 9.17) is 4.74 Å². The van der Waals surface area contributed by atoms with Crippen molar-refractivity contribution < 1.29 is 31.1 Å². The van der Waals surface area contributed by atoms with Gasteiger partial charge in [-0.25, -0.2) is 13.1 Å². The van der Waals surface area contributed by atoms with E-state index in [0.717, 1.165) is 17.7 Å². The summed E-state index contributed by atoms with van der Waals surface area (Å²) < 4.78 is 67.7. The highest BCUT2D eigenvalue weighted by molar-refractivity contribution is 7.89. The summed E-state index contributed by atoms with van der Waals surface area (Å²) in [5.41, 5.74) is 0.427. The molecule has 0 aliphatic carbocycles. The summed E-state index contributed by atoms with van der Waals surface area (Å²) in [5.74, 6) is -0.247. The van der Waals surface area contributed by atoms with Crippen LogP contribution in [-0.2, 0) is 25.0 Å². The first-order valence-corrected chi connectivity index (χ1v) is 10.7. The minimum absolute atomic E-state index is 0.247. The third kappa shape index (κ3) is 5.18. The van der Waals surface area contributed by atoms with Gasteiger partial charge in [-0.3, -0.25) is 4.79 Å². The molecule has 0 atom stereocenters. The van der Waals surface area contributed by atoms with Crippen molar-refractivity contribution in [1.29, 1.82) is 0 Å². The minimum Gasteiger partial charge on any atom is -0.381 e. The summed E-state index contributed by atoms with van der Waals surface area (Å²) >= 11 is 0. The van der Waals surface area contributed by atoms with E-state index in [2.05, 4.69) is 5.32 Å². The van der Waals surface area contributed by atoms with Gasteiger partial charge in [-0.1, -0.05) is 30.3 Å². The van der Waals surface area contributed by atoms with E-state index < -0.39 is 28.2 Å². The van der Waals surface area contributed by atoms with Crippen LogP contribution >= 0.6 is 0 Å². The highest BCUT2D eigenvalue weighted by Crippen LogP contribution is 2.36. The number of nitrogens with one attached hydrogen (secondary N) is 2. The van der Waals surface area contributed by atoms with Crippen LogP contribution in [0.3, 0.4) is 0 Å². The molecule has 0 aromatic heterocycles. The highest BCUT2D eigenvalue weighted by atomic mass is 32.2. The van der Waals surface area contributed by atoms with Gasteiger partial charge in [-0.2, -0.15) is 13.2 Å². The molecule has 0 radical (unpaired) electrons. The number of amides is 1. The Balaban J connectivity index is 1.76. The van der Waals surface area contributed by atoms with Crippen molar-refractivity contribution in [2.75, 3.05) is 25.1 Å². The van der Waals surface area contributed by atoms with Crippen LogP contribution in [-0.4, -0.2) is 40.3 Å². The SMILES string of the molecule is O=C(Nc1ccc(S(=O)(=O)NCC(F)(F)F)cc1)C1(c2ccccc2)CCOCC1. The molecule has 0 saturated carbocycles. The average Bonchev–Trinajstić information content (AvgIpc) is 2.73. The van der Waals surface area contributed by atoms with Crippen molar-refractivity contribution in [3.8, 4) is 0 Å². The van der Waals surface area contributed by atoms with Crippen LogP contribution in [0.15, 0.2) is 59.5 Å². The predicted molar refractivity (Wildman–Crippen MR) is 104 cm³/mol. The summed E-state index contributed by atoms with van der Waals surface area (Å²) in [6.45, 7) is -0.787.